The molecule has 9 N–H and O–H groups in total. The molecule has 3 fully saturated rings. The number of nitrogens with one attached hydrogen (secondary N) is 4. The van der Waals surface area contributed by atoms with Gasteiger partial charge in [0.2, 0.25) is 11.8 Å². The summed E-state index contributed by atoms with van der Waals surface area (Å²) >= 11 is 3.22. The average Bonchev–Trinajstić information content (AvgIpc) is 3.83. The van der Waals surface area contributed by atoms with Gasteiger partial charge in [0.25, 0.3) is 0 Å². The van der Waals surface area contributed by atoms with Gasteiger partial charge in [-0.3, -0.25) is 14.2 Å². The zero-order valence-corrected chi connectivity index (χ0v) is 28.7. The Morgan fingerprint density at radius 1 is 1.08 bits per heavy atom. The fourth-order valence-electron chi connectivity index (χ4n) is 6.26. The summed E-state index contributed by atoms with van der Waals surface area (Å²) in [6.07, 6.45) is 4.09. The minimum absolute atomic E-state index is 0.00481. The normalized spacial score (nSPS) is 26.7. The number of ether oxygens (including phenoxy) is 1. The zero-order chi connectivity index (χ0) is 34.9. The van der Waals surface area contributed by atoms with E-state index in [2.05, 4.69) is 36.2 Å². The molecule has 0 unspecified atom stereocenters. The van der Waals surface area contributed by atoms with Gasteiger partial charge in [-0.25, -0.2) is 24.5 Å². The van der Waals surface area contributed by atoms with Gasteiger partial charge in [-0.05, 0) is 37.9 Å². The van der Waals surface area contributed by atoms with Gasteiger partial charge in [0.05, 0.1) is 24.5 Å². The van der Waals surface area contributed by atoms with Crippen molar-refractivity contribution in [2.45, 2.75) is 106 Å². The molecule has 0 spiro atoms. The van der Waals surface area contributed by atoms with E-state index < -0.39 is 36.6 Å². The highest BCUT2D eigenvalue weighted by Crippen LogP contribution is 2.34. The van der Waals surface area contributed by atoms with E-state index in [1.807, 2.05) is 11.8 Å². The van der Waals surface area contributed by atoms with Crippen LogP contribution in [0.2, 0.25) is 0 Å². The number of amides is 4. The number of imidazole rings is 1. The Hall–Kier alpha value is -3.39. The molecule has 8 atom stereocenters. The van der Waals surface area contributed by atoms with Gasteiger partial charge < -0.3 is 47.1 Å². The van der Waals surface area contributed by atoms with Crippen molar-refractivity contribution in [1.29, 1.82) is 0 Å². The van der Waals surface area contributed by atoms with Crippen LogP contribution in [-0.4, -0.2) is 124 Å². The van der Waals surface area contributed by atoms with Crippen molar-refractivity contribution >= 4 is 64.3 Å². The molecule has 2 aromatic rings. The molecule has 4 amide bonds. The third-order valence-electron chi connectivity index (χ3n) is 8.95. The van der Waals surface area contributed by atoms with Crippen molar-refractivity contribution in [1.82, 2.24) is 40.8 Å². The lowest BCUT2D eigenvalue weighted by molar-refractivity contribution is -0.141. The second-order valence-electron chi connectivity index (χ2n) is 12.5. The van der Waals surface area contributed by atoms with Crippen LogP contribution in [0, 0.1) is 0 Å². The predicted molar refractivity (Wildman–Crippen MR) is 183 cm³/mol. The minimum Gasteiger partial charge on any atom is -0.480 e. The summed E-state index contributed by atoms with van der Waals surface area (Å²) in [5.41, 5.74) is 6.55. The van der Waals surface area contributed by atoms with Gasteiger partial charge in [-0.1, -0.05) is 12.8 Å². The Morgan fingerprint density at radius 2 is 1.88 bits per heavy atom. The summed E-state index contributed by atoms with van der Waals surface area (Å²) in [6, 6.07) is -0.759. The molecule has 3 saturated heterocycles. The van der Waals surface area contributed by atoms with Gasteiger partial charge in [0.15, 0.2) is 17.7 Å². The fraction of sp³-hybridized carbons (Fsp3) is 0.700. The molecule has 2 aromatic heterocycles. The first-order valence-corrected chi connectivity index (χ1v) is 18.8. The standard InChI is InChI=1S/C30H45N9O8S2/c31-26-23-27(34-14-33-26)39(15-35-23)28-25(43)24(42)18(47-28)13-48-11-9-16(29(44)45)36-21(41)8-2-1-5-10-32-20(40)7-4-3-6-19-22-17(12-49-19)37-30(46)38-22/h14-19,22,24-25,28,42-43H,1-13H2,(H,32,40)(H,36,41)(H,44,45)(H2,31,33,34)(H2,37,38,46)/t16-,17+,18+,19+,22+,24+,25+,28+/m0/s1. The van der Waals surface area contributed by atoms with Crippen molar-refractivity contribution in [3.63, 3.8) is 0 Å². The van der Waals surface area contributed by atoms with Crippen LogP contribution in [0.25, 0.3) is 11.2 Å². The largest absolute Gasteiger partial charge is 0.480 e. The van der Waals surface area contributed by atoms with Gasteiger partial charge in [-0.15, -0.1) is 0 Å². The number of anilines is 1. The highest BCUT2D eigenvalue weighted by molar-refractivity contribution is 8.00. The van der Waals surface area contributed by atoms with E-state index in [4.69, 9.17) is 10.5 Å². The SMILES string of the molecule is Nc1ncnc2c1ncn2[C@@H]1O[C@H](CSCC[C@H](NC(=O)CCCCCNC(=O)CCCC[C@H]2SC[C@H]3NC(=O)N[C@H]32)C(=O)O)[C@@H](O)[C@H]1O. The maximum Gasteiger partial charge on any atom is 0.326 e. The zero-order valence-electron chi connectivity index (χ0n) is 27.0. The van der Waals surface area contributed by atoms with E-state index in [0.717, 1.165) is 31.4 Å². The van der Waals surface area contributed by atoms with Crippen LogP contribution in [0.4, 0.5) is 10.6 Å². The van der Waals surface area contributed by atoms with E-state index in [0.29, 0.717) is 48.0 Å². The van der Waals surface area contributed by atoms with Crippen LogP contribution in [0.3, 0.4) is 0 Å². The average molecular weight is 724 g/mol. The summed E-state index contributed by atoms with van der Waals surface area (Å²) in [6.45, 7) is 0.522. The smallest absolute Gasteiger partial charge is 0.326 e. The highest BCUT2D eigenvalue weighted by Gasteiger charge is 2.44. The van der Waals surface area contributed by atoms with Crippen LogP contribution >= 0.6 is 23.5 Å². The fourth-order valence-corrected chi connectivity index (χ4v) is 8.88. The number of aromatic nitrogens is 4. The first-order chi connectivity index (χ1) is 23.6. The van der Waals surface area contributed by atoms with Crippen molar-refractivity contribution in [2.24, 2.45) is 0 Å². The van der Waals surface area contributed by atoms with Gasteiger partial charge in [0, 0.05) is 36.1 Å². The van der Waals surface area contributed by atoms with Crippen LogP contribution < -0.4 is 27.0 Å². The number of thioether (sulfide) groups is 2. The number of hydrogen-bond acceptors (Lipinski definition) is 13. The lowest BCUT2D eigenvalue weighted by Crippen LogP contribution is -2.41. The molecule has 3 aliphatic rings. The Labute approximate surface area is 291 Å². The topological polar surface area (TPSA) is 256 Å². The van der Waals surface area contributed by atoms with Crippen molar-refractivity contribution < 1.29 is 39.2 Å². The lowest BCUT2D eigenvalue weighted by Gasteiger charge is -2.17. The molecule has 0 saturated carbocycles. The third-order valence-corrected chi connectivity index (χ3v) is 11.5. The predicted octanol–water partition coefficient (Wildman–Crippen LogP) is 0.123. The molecule has 5 heterocycles. The number of aliphatic hydroxyl groups excluding tert-OH is 2. The number of nitrogens with two attached hydrogens (primary N) is 1. The van der Waals surface area contributed by atoms with Crippen LogP contribution in [0.5, 0.6) is 0 Å². The number of rotatable bonds is 19. The summed E-state index contributed by atoms with van der Waals surface area (Å²) in [5, 5.41) is 42.6. The number of urea groups is 1. The van der Waals surface area contributed by atoms with Crippen molar-refractivity contribution in [3.8, 4) is 0 Å². The van der Waals surface area contributed by atoms with E-state index in [-0.39, 0.29) is 54.3 Å². The molecule has 49 heavy (non-hydrogen) atoms. The number of aliphatic hydroxyl groups is 2. The molecule has 17 nitrogen and oxygen atoms in total. The van der Waals surface area contributed by atoms with Crippen LogP contribution in [0.15, 0.2) is 12.7 Å². The van der Waals surface area contributed by atoms with Crippen LogP contribution in [0.1, 0.15) is 64.0 Å². The summed E-state index contributed by atoms with van der Waals surface area (Å²) in [7, 11) is 0. The number of unbranched alkanes of at least 4 members (excludes halogenated alkanes) is 3. The number of carboxylic acid groups (broad SMARTS) is 1. The Morgan fingerprint density at radius 3 is 2.69 bits per heavy atom. The number of hydrogen-bond donors (Lipinski definition) is 8. The molecule has 270 valence electrons. The molecule has 5 rings (SSSR count). The quantitative estimate of drug-likeness (QED) is 0.0708. The molecular formula is C30H45N9O8S2. The number of carboxylic acids is 1. The maximum atomic E-state index is 12.4. The van der Waals surface area contributed by atoms with Gasteiger partial charge in [0.1, 0.15) is 30.1 Å². The molecular weight excluding hydrogens is 679 g/mol. The van der Waals surface area contributed by atoms with Crippen LogP contribution in [-0.2, 0) is 19.1 Å². The molecule has 0 aliphatic carbocycles. The number of fused-ring (bicyclic) bond motifs is 2. The number of carbonyl (C=O) groups is 4. The number of aliphatic carboxylic acids is 1. The van der Waals surface area contributed by atoms with E-state index in [1.54, 1.807) is 0 Å². The van der Waals surface area contributed by atoms with Crippen molar-refractivity contribution in [2.75, 3.05) is 29.5 Å². The van der Waals surface area contributed by atoms with E-state index in [9.17, 15) is 34.5 Å². The first kappa shape index (κ1) is 36.9. The minimum atomic E-state index is -1.25. The summed E-state index contributed by atoms with van der Waals surface area (Å²) in [5.74, 6) is 0.289. The summed E-state index contributed by atoms with van der Waals surface area (Å²) in [4.78, 5) is 60.1. The Kier molecular flexibility index (Phi) is 13.2. The monoisotopic (exact) mass is 723 g/mol. The molecule has 0 aromatic carbocycles. The number of nitrogen functional groups attached to an aromatic ring is 1. The van der Waals surface area contributed by atoms with E-state index >= 15 is 0 Å². The third kappa shape index (κ3) is 9.65. The Bertz CT molecular complexity index is 1470. The molecule has 19 heteroatoms. The molecule has 0 radical (unpaired) electrons. The second kappa shape index (κ2) is 17.5. The van der Waals surface area contributed by atoms with Gasteiger partial charge in [-0.2, -0.15) is 23.5 Å². The molecule has 0 bridgehead atoms. The number of carbonyl (C=O) groups excluding carboxylic acids is 3. The second-order valence-corrected chi connectivity index (χ2v) is 14.9. The lowest BCUT2D eigenvalue weighted by atomic mass is 10.0. The Balaban J connectivity index is 0.899. The first-order valence-electron chi connectivity index (χ1n) is 16.6. The highest BCUT2D eigenvalue weighted by atomic mass is 32.2. The maximum absolute atomic E-state index is 12.4. The molecule has 3 aliphatic heterocycles. The van der Waals surface area contributed by atoms with Gasteiger partial charge >= 0.3 is 12.0 Å². The van der Waals surface area contributed by atoms with E-state index in [1.165, 1.54) is 29.0 Å². The van der Waals surface area contributed by atoms with Crippen molar-refractivity contribution in [3.05, 3.63) is 12.7 Å². The number of nitrogens with zero attached hydrogens (tertiary/aromatic N) is 4. The summed E-state index contributed by atoms with van der Waals surface area (Å²) < 4.78 is 7.40.